The molecule has 1 atom stereocenters. The number of ether oxygens (including phenoxy) is 2. The average Bonchev–Trinajstić information content (AvgIpc) is 2.35. The molecule has 0 aromatic heterocycles. The molecule has 0 aliphatic carbocycles. The van der Waals surface area contributed by atoms with E-state index < -0.39 is 18.2 Å². The molecule has 0 aliphatic rings. The van der Waals surface area contributed by atoms with E-state index in [4.69, 9.17) is 4.74 Å². The van der Waals surface area contributed by atoms with Gasteiger partial charge in [0.15, 0.2) is 5.75 Å². The third-order valence-corrected chi connectivity index (χ3v) is 2.40. The Morgan fingerprint density at radius 3 is 2.60 bits per heavy atom. The molecule has 20 heavy (non-hydrogen) atoms. The van der Waals surface area contributed by atoms with Crippen molar-refractivity contribution in [1.29, 1.82) is 0 Å². The normalized spacial score (nSPS) is 12.7. The summed E-state index contributed by atoms with van der Waals surface area (Å²) >= 11 is 0. The molecule has 0 fully saturated rings. The van der Waals surface area contributed by atoms with Gasteiger partial charge in [-0.1, -0.05) is 19.1 Å². The molecule has 1 unspecified atom stereocenters. The van der Waals surface area contributed by atoms with Crippen LogP contribution >= 0.6 is 0 Å². The van der Waals surface area contributed by atoms with Gasteiger partial charge in [0, 0.05) is 6.54 Å². The zero-order valence-corrected chi connectivity index (χ0v) is 11.2. The van der Waals surface area contributed by atoms with Crippen molar-refractivity contribution in [2.45, 2.75) is 20.2 Å². The highest BCUT2D eigenvalue weighted by Gasteiger charge is 2.32. The number of nitrogens with one attached hydrogen (secondary N) is 1. The average molecular weight is 291 g/mol. The minimum absolute atomic E-state index is 0.150. The van der Waals surface area contributed by atoms with Crippen LogP contribution in [0, 0.1) is 5.92 Å². The van der Waals surface area contributed by atoms with Gasteiger partial charge in [-0.15, -0.1) is 13.2 Å². The number of alkyl halides is 3. The van der Waals surface area contributed by atoms with Crippen LogP contribution in [0.5, 0.6) is 5.75 Å². The van der Waals surface area contributed by atoms with Gasteiger partial charge < -0.3 is 14.8 Å². The van der Waals surface area contributed by atoms with E-state index in [1.54, 1.807) is 19.9 Å². The van der Waals surface area contributed by atoms with E-state index in [9.17, 15) is 18.0 Å². The molecule has 0 spiro atoms. The van der Waals surface area contributed by atoms with Crippen molar-refractivity contribution in [3.05, 3.63) is 24.3 Å². The quantitative estimate of drug-likeness (QED) is 0.818. The number of rotatable bonds is 6. The number of hydrogen-bond donors (Lipinski definition) is 1. The molecule has 1 N–H and O–H groups in total. The third kappa shape index (κ3) is 5.38. The van der Waals surface area contributed by atoms with E-state index in [2.05, 4.69) is 10.1 Å². The van der Waals surface area contributed by atoms with Crippen molar-refractivity contribution in [2.24, 2.45) is 5.92 Å². The third-order valence-electron chi connectivity index (χ3n) is 2.40. The minimum Gasteiger partial charge on any atom is -0.466 e. The van der Waals surface area contributed by atoms with Gasteiger partial charge in [-0.05, 0) is 19.1 Å². The molecular formula is C13H16F3NO3. The molecule has 0 saturated heterocycles. The smallest absolute Gasteiger partial charge is 0.466 e. The van der Waals surface area contributed by atoms with Crippen LogP contribution in [0.25, 0.3) is 0 Å². The first-order chi connectivity index (χ1) is 9.33. The number of carbonyl (C=O) groups excluding carboxylic acids is 1. The van der Waals surface area contributed by atoms with E-state index in [1.807, 2.05) is 0 Å². The predicted molar refractivity (Wildman–Crippen MR) is 67.4 cm³/mol. The number of esters is 1. The lowest BCUT2D eigenvalue weighted by atomic mass is 10.2. The molecule has 4 nitrogen and oxygen atoms in total. The lowest BCUT2D eigenvalue weighted by molar-refractivity contribution is -0.274. The van der Waals surface area contributed by atoms with Crippen LogP contribution in [0.4, 0.5) is 18.9 Å². The standard InChI is InChI=1S/C13H16F3NO3/c1-3-19-12(18)9(2)8-17-10-6-4-5-7-11(10)20-13(14,15)16/h4-7,9,17H,3,8H2,1-2H3. The van der Waals surface area contributed by atoms with Crippen molar-refractivity contribution in [2.75, 3.05) is 18.5 Å². The number of carbonyl (C=O) groups is 1. The molecule has 0 radical (unpaired) electrons. The van der Waals surface area contributed by atoms with Gasteiger partial charge in [-0.3, -0.25) is 4.79 Å². The Morgan fingerprint density at radius 1 is 1.35 bits per heavy atom. The van der Waals surface area contributed by atoms with Gasteiger partial charge in [-0.2, -0.15) is 0 Å². The van der Waals surface area contributed by atoms with E-state index >= 15 is 0 Å². The summed E-state index contributed by atoms with van der Waals surface area (Å²) in [7, 11) is 0. The SMILES string of the molecule is CCOC(=O)C(C)CNc1ccccc1OC(F)(F)F. The summed E-state index contributed by atoms with van der Waals surface area (Å²) in [6.07, 6.45) is -4.76. The molecule has 0 bridgehead atoms. The fourth-order valence-corrected chi connectivity index (χ4v) is 1.46. The first-order valence-corrected chi connectivity index (χ1v) is 6.08. The first kappa shape index (κ1) is 16.1. The Bertz CT molecular complexity index is 449. The van der Waals surface area contributed by atoms with Crippen LogP contribution in [-0.4, -0.2) is 25.5 Å². The predicted octanol–water partition coefficient (Wildman–Crippen LogP) is 3.20. The molecule has 0 amide bonds. The van der Waals surface area contributed by atoms with Crippen molar-refractivity contribution >= 4 is 11.7 Å². The highest BCUT2D eigenvalue weighted by Crippen LogP contribution is 2.29. The van der Waals surface area contributed by atoms with E-state index in [-0.39, 0.29) is 24.6 Å². The lowest BCUT2D eigenvalue weighted by Gasteiger charge is -2.16. The summed E-state index contributed by atoms with van der Waals surface area (Å²) in [5.41, 5.74) is 0.168. The molecule has 0 heterocycles. The zero-order chi connectivity index (χ0) is 15.2. The molecule has 0 saturated carbocycles. The van der Waals surface area contributed by atoms with Crippen molar-refractivity contribution in [3.8, 4) is 5.75 Å². The second-order valence-corrected chi connectivity index (χ2v) is 4.08. The number of benzene rings is 1. The summed E-state index contributed by atoms with van der Waals surface area (Å²) < 4.78 is 45.4. The van der Waals surface area contributed by atoms with Crippen LogP contribution in [-0.2, 0) is 9.53 Å². The highest BCUT2D eigenvalue weighted by atomic mass is 19.4. The maximum atomic E-state index is 12.2. The van der Waals surface area contributed by atoms with Crippen LogP contribution in [0.1, 0.15) is 13.8 Å². The Kier molecular flexibility index (Phi) is 5.66. The van der Waals surface area contributed by atoms with Crippen molar-refractivity contribution in [1.82, 2.24) is 0 Å². The van der Waals surface area contributed by atoms with Gasteiger partial charge in [0.2, 0.25) is 0 Å². The monoisotopic (exact) mass is 291 g/mol. The number of para-hydroxylation sites is 2. The number of anilines is 1. The largest absolute Gasteiger partial charge is 0.573 e. The fourth-order valence-electron chi connectivity index (χ4n) is 1.46. The highest BCUT2D eigenvalue weighted by molar-refractivity contribution is 5.73. The second kappa shape index (κ2) is 7.02. The lowest BCUT2D eigenvalue weighted by Crippen LogP contribution is -2.23. The Balaban J connectivity index is 2.66. The van der Waals surface area contributed by atoms with Gasteiger partial charge in [0.25, 0.3) is 0 Å². The van der Waals surface area contributed by atoms with Gasteiger partial charge in [0.05, 0.1) is 18.2 Å². The summed E-state index contributed by atoms with van der Waals surface area (Å²) in [5, 5.41) is 2.75. The van der Waals surface area contributed by atoms with Crippen LogP contribution in [0.2, 0.25) is 0 Å². The maximum absolute atomic E-state index is 12.2. The van der Waals surface area contributed by atoms with Crippen LogP contribution < -0.4 is 10.1 Å². The summed E-state index contributed by atoms with van der Waals surface area (Å²) in [4.78, 5) is 11.4. The maximum Gasteiger partial charge on any atom is 0.573 e. The summed E-state index contributed by atoms with van der Waals surface area (Å²) in [6.45, 7) is 3.72. The molecule has 0 aliphatic heterocycles. The number of halogens is 3. The zero-order valence-electron chi connectivity index (χ0n) is 11.2. The van der Waals surface area contributed by atoms with Gasteiger partial charge in [-0.25, -0.2) is 0 Å². The second-order valence-electron chi connectivity index (χ2n) is 4.08. The van der Waals surface area contributed by atoms with E-state index in [0.717, 1.165) is 0 Å². The molecule has 1 rings (SSSR count). The number of hydrogen-bond acceptors (Lipinski definition) is 4. The van der Waals surface area contributed by atoms with E-state index in [1.165, 1.54) is 18.2 Å². The molecule has 1 aromatic rings. The Labute approximate surface area is 114 Å². The van der Waals surface area contributed by atoms with Crippen LogP contribution in [0.3, 0.4) is 0 Å². The summed E-state index contributed by atoms with van der Waals surface area (Å²) in [5.74, 6) is -1.22. The van der Waals surface area contributed by atoms with Crippen molar-refractivity contribution in [3.63, 3.8) is 0 Å². The molecule has 7 heteroatoms. The fraction of sp³-hybridized carbons (Fsp3) is 0.462. The Morgan fingerprint density at radius 2 is 2.00 bits per heavy atom. The minimum atomic E-state index is -4.76. The Hall–Kier alpha value is -1.92. The van der Waals surface area contributed by atoms with Crippen LogP contribution in [0.15, 0.2) is 24.3 Å². The molecule has 1 aromatic carbocycles. The van der Waals surface area contributed by atoms with Gasteiger partial charge in [0.1, 0.15) is 0 Å². The molecule has 112 valence electrons. The van der Waals surface area contributed by atoms with Crippen molar-refractivity contribution < 1.29 is 27.4 Å². The molecular weight excluding hydrogens is 275 g/mol. The first-order valence-electron chi connectivity index (χ1n) is 6.08. The van der Waals surface area contributed by atoms with Gasteiger partial charge >= 0.3 is 12.3 Å². The topological polar surface area (TPSA) is 47.6 Å². The van der Waals surface area contributed by atoms with E-state index in [0.29, 0.717) is 0 Å². The summed E-state index contributed by atoms with van der Waals surface area (Å²) in [6, 6.07) is 5.64.